The minimum Gasteiger partial charge on any atom is -0.480 e. The summed E-state index contributed by atoms with van der Waals surface area (Å²) in [5.41, 5.74) is 2.04. The summed E-state index contributed by atoms with van der Waals surface area (Å²) in [6.45, 7) is 1.37. The Morgan fingerprint density at radius 3 is 2.89 bits per heavy atom. The first-order valence-corrected chi connectivity index (χ1v) is 13.3. The maximum Gasteiger partial charge on any atom is 0.326 e. The van der Waals surface area contributed by atoms with Gasteiger partial charge in [-0.2, -0.15) is 17.0 Å². The third-order valence-electron chi connectivity index (χ3n) is 6.21. The molecule has 11 heteroatoms. The molecule has 1 aliphatic rings. The number of amides is 2. The van der Waals surface area contributed by atoms with Gasteiger partial charge in [-0.3, -0.25) is 14.5 Å². The van der Waals surface area contributed by atoms with Crippen molar-refractivity contribution < 1.29 is 19.5 Å². The molecule has 10 nitrogen and oxygen atoms in total. The fourth-order valence-corrected chi connectivity index (χ4v) is 4.90. The van der Waals surface area contributed by atoms with Crippen LogP contribution in [0.1, 0.15) is 36.1 Å². The number of carbonyl (C=O) groups is 3. The second-order valence-electron chi connectivity index (χ2n) is 8.82. The Bertz CT molecular complexity index is 1070. The third-order valence-corrected chi connectivity index (χ3v) is 6.85. The second-order valence-corrected chi connectivity index (χ2v) is 9.80. The number of thioether (sulfide) groups is 1. The summed E-state index contributed by atoms with van der Waals surface area (Å²) in [5, 5.41) is 21.6. The molecule has 1 fully saturated rings. The highest BCUT2D eigenvalue weighted by molar-refractivity contribution is 7.98. The van der Waals surface area contributed by atoms with Crippen LogP contribution >= 0.6 is 11.8 Å². The number of aliphatic carboxylic acids is 1. The number of aromatic amines is 1. The number of nitriles is 1. The van der Waals surface area contributed by atoms with Gasteiger partial charge in [0.2, 0.25) is 11.8 Å². The maximum absolute atomic E-state index is 13.0. The Balaban J connectivity index is 1.73. The van der Waals surface area contributed by atoms with Gasteiger partial charge in [0.15, 0.2) is 0 Å². The number of carbonyl (C=O) groups excluding carboxylic acids is 2. The molecular formula is C25H32N6O4S. The van der Waals surface area contributed by atoms with E-state index < -0.39 is 17.9 Å². The van der Waals surface area contributed by atoms with Crippen LogP contribution in [0.3, 0.4) is 0 Å². The molecule has 0 aliphatic carbocycles. The van der Waals surface area contributed by atoms with Crippen LogP contribution in [0.5, 0.6) is 0 Å². The molecule has 2 aromatic rings. The summed E-state index contributed by atoms with van der Waals surface area (Å²) in [6.07, 6.45) is 7.29. The van der Waals surface area contributed by atoms with E-state index in [-0.39, 0.29) is 24.9 Å². The van der Waals surface area contributed by atoms with Crippen LogP contribution in [-0.4, -0.2) is 86.4 Å². The number of nitrogens with one attached hydrogen (secondary N) is 2. The molecule has 0 saturated carbocycles. The zero-order valence-electron chi connectivity index (χ0n) is 20.4. The predicted molar refractivity (Wildman–Crippen MR) is 136 cm³/mol. The topological polar surface area (TPSA) is 142 Å². The first-order valence-electron chi connectivity index (χ1n) is 11.9. The Kier molecular flexibility index (Phi) is 10.3. The van der Waals surface area contributed by atoms with Gasteiger partial charge in [-0.1, -0.05) is 18.2 Å². The maximum atomic E-state index is 13.0. The van der Waals surface area contributed by atoms with E-state index in [9.17, 15) is 24.8 Å². The van der Waals surface area contributed by atoms with Crippen molar-refractivity contribution in [2.24, 2.45) is 0 Å². The fraction of sp³-hybridized carbons (Fsp3) is 0.480. The van der Waals surface area contributed by atoms with Crippen LogP contribution in [0.2, 0.25) is 0 Å². The zero-order chi connectivity index (χ0) is 25.9. The molecule has 36 heavy (non-hydrogen) atoms. The van der Waals surface area contributed by atoms with Gasteiger partial charge < -0.3 is 20.3 Å². The molecule has 3 N–H and O–H groups in total. The van der Waals surface area contributed by atoms with Crippen molar-refractivity contribution in [3.8, 4) is 6.07 Å². The summed E-state index contributed by atoms with van der Waals surface area (Å²) < 4.78 is 0. The number of carboxylic acids is 1. The minimum absolute atomic E-state index is 0.00779. The average molecular weight is 513 g/mol. The Morgan fingerprint density at radius 2 is 2.19 bits per heavy atom. The summed E-state index contributed by atoms with van der Waals surface area (Å²) in [4.78, 5) is 48.1. The van der Waals surface area contributed by atoms with Crippen molar-refractivity contribution in [3.63, 3.8) is 0 Å². The van der Waals surface area contributed by atoms with Gasteiger partial charge in [0.25, 0.3) is 0 Å². The van der Waals surface area contributed by atoms with E-state index in [0.29, 0.717) is 37.4 Å². The van der Waals surface area contributed by atoms with Gasteiger partial charge in [0, 0.05) is 37.6 Å². The van der Waals surface area contributed by atoms with Gasteiger partial charge in [0.1, 0.15) is 6.04 Å². The molecule has 1 aromatic heterocycles. The van der Waals surface area contributed by atoms with Crippen LogP contribution in [0.15, 0.2) is 36.8 Å². The number of likely N-dealkylation sites (tertiary alicyclic amines) is 1. The molecule has 3 rings (SSSR count). The van der Waals surface area contributed by atoms with Crippen molar-refractivity contribution in [1.82, 2.24) is 25.1 Å². The first-order chi connectivity index (χ1) is 17.4. The monoisotopic (exact) mass is 512 g/mol. The first kappa shape index (κ1) is 27.2. The lowest BCUT2D eigenvalue weighted by Gasteiger charge is -2.31. The highest BCUT2D eigenvalue weighted by atomic mass is 32.2. The molecule has 1 unspecified atom stereocenters. The smallest absolute Gasteiger partial charge is 0.326 e. The van der Waals surface area contributed by atoms with Crippen LogP contribution in [0.25, 0.3) is 0 Å². The van der Waals surface area contributed by atoms with Crippen molar-refractivity contribution in [3.05, 3.63) is 53.6 Å². The molecule has 1 saturated heterocycles. The molecule has 1 aliphatic heterocycles. The number of aromatic nitrogens is 2. The largest absolute Gasteiger partial charge is 0.480 e. The molecule has 2 heterocycles. The standard InChI is InChI=1S/C25H32N6O4S/c1-36-10-8-22(25(34)35)29-23(32)16-30(14-19-6-3-2-5-18(19)12-26)15-21-7-4-9-31(21)24(33)11-20-13-27-17-28-20/h2-3,5-6,13,17,21-22H,4,7-11,14-16H2,1H3,(H,27,28)(H,29,32)(H,34,35)/t21-,22?/m0/s1. The number of rotatable bonds is 13. The lowest BCUT2D eigenvalue weighted by atomic mass is 10.1. The minimum atomic E-state index is -1.06. The van der Waals surface area contributed by atoms with E-state index >= 15 is 0 Å². The molecule has 0 bridgehead atoms. The van der Waals surface area contributed by atoms with Gasteiger partial charge in [-0.25, -0.2) is 9.78 Å². The quantitative estimate of drug-likeness (QED) is 0.368. The van der Waals surface area contributed by atoms with Crippen molar-refractivity contribution in [2.75, 3.05) is 31.6 Å². The average Bonchev–Trinajstić information content (AvgIpc) is 3.54. The number of H-pyrrole nitrogens is 1. The summed E-state index contributed by atoms with van der Waals surface area (Å²) in [5.74, 6) is -0.852. The highest BCUT2D eigenvalue weighted by Gasteiger charge is 2.31. The number of nitrogens with zero attached hydrogens (tertiary/aromatic N) is 4. The summed E-state index contributed by atoms with van der Waals surface area (Å²) in [6, 6.07) is 8.34. The molecular weight excluding hydrogens is 480 g/mol. The van der Waals surface area contributed by atoms with Gasteiger partial charge >= 0.3 is 5.97 Å². The van der Waals surface area contributed by atoms with E-state index in [1.54, 1.807) is 24.7 Å². The summed E-state index contributed by atoms with van der Waals surface area (Å²) >= 11 is 1.52. The molecule has 0 radical (unpaired) electrons. The number of imidazole rings is 1. The third kappa shape index (κ3) is 7.83. The Labute approximate surface area is 215 Å². The van der Waals surface area contributed by atoms with E-state index in [1.807, 2.05) is 28.2 Å². The summed E-state index contributed by atoms with van der Waals surface area (Å²) in [7, 11) is 0. The SMILES string of the molecule is CSCCC(NC(=O)CN(Cc1ccccc1C#N)C[C@@H]1CCCN1C(=O)Cc1cnc[nH]1)C(=O)O. The fourth-order valence-electron chi connectivity index (χ4n) is 4.43. The predicted octanol–water partition coefficient (Wildman–Crippen LogP) is 1.64. The van der Waals surface area contributed by atoms with Crippen molar-refractivity contribution >= 4 is 29.5 Å². The number of carboxylic acid groups (broad SMARTS) is 1. The molecule has 1 aromatic carbocycles. The van der Waals surface area contributed by atoms with E-state index in [0.717, 1.165) is 24.1 Å². The van der Waals surface area contributed by atoms with Gasteiger partial charge in [0.05, 0.1) is 30.9 Å². The normalized spacial score (nSPS) is 16.0. The zero-order valence-corrected chi connectivity index (χ0v) is 21.2. The van der Waals surface area contributed by atoms with Gasteiger partial charge in [-0.05, 0) is 42.9 Å². The second kappa shape index (κ2) is 13.7. The van der Waals surface area contributed by atoms with Gasteiger partial charge in [-0.15, -0.1) is 0 Å². The highest BCUT2D eigenvalue weighted by Crippen LogP contribution is 2.21. The molecule has 0 spiro atoms. The molecule has 192 valence electrons. The molecule has 2 amide bonds. The van der Waals surface area contributed by atoms with Crippen molar-refractivity contribution in [1.29, 1.82) is 5.26 Å². The van der Waals surface area contributed by atoms with Crippen LogP contribution in [0, 0.1) is 11.3 Å². The number of hydrogen-bond donors (Lipinski definition) is 3. The Hall–Kier alpha value is -3.36. The van der Waals surface area contributed by atoms with E-state index in [2.05, 4.69) is 21.4 Å². The lowest BCUT2D eigenvalue weighted by molar-refractivity contribution is -0.142. The van der Waals surface area contributed by atoms with Crippen LogP contribution in [-0.2, 0) is 27.3 Å². The molecule has 2 atom stereocenters. The van der Waals surface area contributed by atoms with E-state index in [4.69, 9.17) is 0 Å². The number of hydrogen-bond acceptors (Lipinski definition) is 7. The van der Waals surface area contributed by atoms with Crippen LogP contribution < -0.4 is 5.32 Å². The lowest BCUT2D eigenvalue weighted by Crippen LogP contribution is -2.49. The van der Waals surface area contributed by atoms with Crippen LogP contribution in [0.4, 0.5) is 0 Å². The van der Waals surface area contributed by atoms with E-state index in [1.165, 1.54) is 11.8 Å². The Morgan fingerprint density at radius 1 is 1.39 bits per heavy atom. The van der Waals surface area contributed by atoms with Crippen molar-refractivity contribution in [2.45, 2.75) is 44.3 Å². The number of benzene rings is 1.